The summed E-state index contributed by atoms with van der Waals surface area (Å²) in [5.74, 6) is -1.34. The number of hydrogen-bond acceptors (Lipinski definition) is 11. The summed E-state index contributed by atoms with van der Waals surface area (Å²) in [7, 11) is -3.77. The number of halogens is 1. The van der Waals surface area contributed by atoms with Crippen LogP contribution in [0.5, 0.6) is 0 Å². The summed E-state index contributed by atoms with van der Waals surface area (Å²) < 4.78 is 44.0. The maximum absolute atomic E-state index is 14.9. The van der Waals surface area contributed by atoms with Crippen LogP contribution in [0.1, 0.15) is 27.2 Å². The largest absolute Gasteiger partial charge is 0.368 e. The van der Waals surface area contributed by atoms with Gasteiger partial charge in [0, 0.05) is 51.4 Å². The van der Waals surface area contributed by atoms with E-state index in [1.165, 1.54) is 44.8 Å². The number of aromatic nitrogens is 3. The van der Waals surface area contributed by atoms with Crippen molar-refractivity contribution in [2.75, 3.05) is 48.7 Å². The first-order valence-corrected chi connectivity index (χ1v) is 16.6. The number of thiophene rings is 1. The van der Waals surface area contributed by atoms with Gasteiger partial charge < -0.3 is 11.1 Å². The van der Waals surface area contributed by atoms with Gasteiger partial charge in [-0.2, -0.15) is 14.0 Å². The number of piperazine rings is 1. The van der Waals surface area contributed by atoms with E-state index in [2.05, 4.69) is 20.7 Å². The predicted molar refractivity (Wildman–Crippen MR) is 169 cm³/mol. The van der Waals surface area contributed by atoms with Gasteiger partial charge in [-0.1, -0.05) is 6.07 Å². The van der Waals surface area contributed by atoms with E-state index in [0.717, 1.165) is 10.2 Å². The highest BCUT2D eigenvalue weighted by atomic mass is 32.2. The van der Waals surface area contributed by atoms with Crippen LogP contribution in [0.3, 0.4) is 0 Å². The first-order chi connectivity index (χ1) is 22.0. The standard InChI is InChI=1S/C29H30FN9O5S2/c1-18-9-15-45-25(18)26(41)39-27(31)34-28(35-39)32-20-3-5-21(6-4-20)46(43,44)37-13-11-36(12-14-37)17-19-2-7-23(22(30)16-19)38-10-8-24(40)33-29(38)42/h2-7,9,15-16H,8,10-14,17H2,1H3,(H,33,40,42)(H3,31,32,34,35). The van der Waals surface area contributed by atoms with Gasteiger partial charge in [-0.15, -0.1) is 16.4 Å². The van der Waals surface area contributed by atoms with Crippen molar-refractivity contribution < 1.29 is 27.2 Å². The number of sulfonamides is 1. The van der Waals surface area contributed by atoms with E-state index >= 15 is 0 Å². The highest BCUT2D eigenvalue weighted by molar-refractivity contribution is 7.89. The van der Waals surface area contributed by atoms with Crippen molar-refractivity contribution in [3.8, 4) is 0 Å². The number of urea groups is 1. The second-order valence-corrected chi connectivity index (χ2v) is 13.7. The van der Waals surface area contributed by atoms with Crippen LogP contribution in [0.15, 0.2) is 58.8 Å². The third-order valence-corrected chi connectivity index (χ3v) is 10.6. The summed E-state index contributed by atoms with van der Waals surface area (Å²) in [5, 5.41) is 11.1. The molecule has 4 heterocycles. The molecule has 240 valence electrons. The summed E-state index contributed by atoms with van der Waals surface area (Å²) >= 11 is 1.28. The van der Waals surface area contributed by atoms with Gasteiger partial charge in [0.15, 0.2) is 0 Å². The lowest BCUT2D eigenvalue weighted by molar-refractivity contribution is -0.120. The molecule has 0 unspecified atom stereocenters. The van der Waals surface area contributed by atoms with Crippen LogP contribution in [-0.2, 0) is 21.4 Å². The summed E-state index contributed by atoms with van der Waals surface area (Å²) in [5.41, 5.74) is 8.02. The number of nitrogens with two attached hydrogens (primary N) is 1. The Morgan fingerprint density at radius 3 is 2.46 bits per heavy atom. The van der Waals surface area contributed by atoms with E-state index in [-0.39, 0.29) is 54.4 Å². The lowest BCUT2D eigenvalue weighted by atomic mass is 10.1. The number of carbonyl (C=O) groups excluding carboxylic acids is 3. The van der Waals surface area contributed by atoms with Crippen LogP contribution in [0.2, 0.25) is 0 Å². The minimum absolute atomic E-state index is 0.0778. The van der Waals surface area contributed by atoms with E-state index < -0.39 is 27.8 Å². The Morgan fingerprint density at radius 1 is 1.07 bits per heavy atom. The fourth-order valence-electron chi connectivity index (χ4n) is 5.25. The van der Waals surface area contributed by atoms with Crippen molar-refractivity contribution in [2.45, 2.75) is 24.8 Å². The number of imide groups is 1. The molecule has 0 bridgehead atoms. The first kappa shape index (κ1) is 31.3. The Hall–Kier alpha value is -4.71. The molecule has 17 heteroatoms. The number of hydrogen-bond donors (Lipinski definition) is 3. The maximum Gasteiger partial charge on any atom is 0.328 e. The van der Waals surface area contributed by atoms with Gasteiger partial charge in [-0.05, 0) is 65.9 Å². The third kappa shape index (κ3) is 6.34. The number of amides is 3. The second-order valence-electron chi connectivity index (χ2n) is 10.8. The summed E-state index contributed by atoms with van der Waals surface area (Å²) in [6.07, 6.45) is 0.0972. The van der Waals surface area contributed by atoms with Gasteiger partial charge in [0.1, 0.15) is 5.82 Å². The fraction of sp³-hybridized carbons (Fsp3) is 0.276. The Kier molecular flexibility index (Phi) is 8.56. The average Bonchev–Trinajstić information content (AvgIpc) is 3.62. The van der Waals surface area contributed by atoms with Gasteiger partial charge in [0.25, 0.3) is 5.91 Å². The smallest absolute Gasteiger partial charge is 0.328 e. The molecule has 2 aliphatic rings. The Morgan fingerprint density at radius 2 is 1.80 bits per heavy atom. The molecule has 3 amide bonds. The van der Waals surface area contributed by atoms with Gasteiger partial charge >= 0.3 is 6.03 Å². The molecule has 0 saturated carbocycles. The topological polar surface area (TPSA) is 176 Å². The summed E-state index contributed by atoms with van der Waals surface area (Å²) in [6, 6.07) is 11.9. The van der Waals surface area contributed by atoms with E-state index in [0.29, 0.717) is 35.8 Å². The molecule has 2 aliphatic heterocycles. The Bertz CT molecular complexity index is 1920. The van der Waals surface area contributed by atoms with Crippen LogP contribution < -0.4 is 21.3 Å². The zero-order chi connectivity index (χ0) is 32.6. The average molecular weight is 668 g/mol. The quantitative estimate of drug-likeness (QED) is 0.253. The minimum Gasteiger partial charge on any atom is -0.368 e. The zero-order valence-corrected chi connectivity index (χ0v) is 26.3. The van der Waals surface area contributed by atoms with Crippen LogP contribution in [0.4, 0.5) is 32.5 Å². The van der Waals surface area contributed by atoms with Crippen LogP contribution in [0, 0.1) is 12.7 Å². The minimum atomic E-state index is -3.77. The highest BCUT2D eigenvalue weighted by Gasteiger charge is 2.30. The van der Waals surface area contributed by atoms with Gasteiger partial charge in [-0.25, -0.2) is 17.6 Å². The molecular formula is C29H30FN9O5S2. The summed E-state index contributed by atoms with van der Waals surface area (Å²) in [4.78, 5) is 44.2. The highest BCUT2D eigenvalue weighted by Crippen LogP contribution is 2.25. The van der Waals surface area contributed by atoms with E-state index in [1.807, 2.05) is 17.9 Å². The van der Waals surface area contributed by atoms with Crippen molar-refractivity contribution in [3.05, 3.63) is 75.7 Å². The molecule has 2 aromatic carbocycles. The van der Waals surface area contributed by atoms with Gasteiger partial charge in [-0.3, -0.25) is 24.7 Å². The lowest BCUT2D eigenvalue weighted by Crippen LogP contribution is -2.50. The van der Waals surface area contributed by atoms with E-state index in [4.69, 9.17) is 5.73 Å². The number of anilines is 4. The first-order valence-electron chi connectivity index (χ1n) is 14.3. The molecule has 4 N–H and O–H groups in total. The molecule has 0 spiro atoms. The number of benzene rings is 2. The monoisotopic (exact) mass is 667 g/mol. The number of rotatable bonds is 8. The molecule has 14 nitrogen and oxygen atoms in total. The number of aryl methyl sites for hydroxylation is 1. The molecule has 0 aliphatic carbocycles. The SMILES string of the molecule is Cc1ccsc1C(=O)n1nc(Nc2ccc(S(=O)(=O)N3CCN(Cc4ccc(N5CCC(=O)NC5=O)c(F)c4)CC3)cc2)nc1N. The summed E-state index contributed by atoms with van der Waals surface area (Å²) in [6.45, 7) is 3.72. The van der Waals surface area contributed by atoms with Crippen LogP contribution in [-0.4, -0.2) is 83.0 Å². The Balaban J connectivity index is 1.04. The number of nitrogens with zero attached hydrogens (tertiary/aromatic N) is 6. The fourth-order valence-corrected chi connectivity index (χ4v) is 7.52. The van der Waals surface area contributed by atoms with Gasteiger partial charge in [0.05, 0.1) is 15.5 Å². The number of nitrogen functional groups attached to an aromatic ring is 1. The molecule has 0 atom stereocenters. The normalized spacial score (nSPS) is 16.4. The maximum atomic E-state index is 14.9. The van der Waals surface area contributed by atoms with Crippen LogP contribution >= 0.6 is 11.3 Å². The number of carbonyl (C=O) groups is 3. The van der Waals surface area contributed by atoms with Crippen molar-refractivity contribution in [1.29, 1.82) is 0 Å². The molecule has 6 rings (SSSR count). The molecular weight excluding hydrogens is 638 g/mol. The number of nitrogens with one attached hydrogen (secondary N) is 2. The molecule has 4 aromatic rings. The predicted octanol–water partition coefficient (Wildman–Crippen LogP) is 2.75. The van der Waals surface area contributed by atoms with Crippen molar-refractivity contribution in [3.63, 3.8) is 0 Å². The van der Waals surface area contributed by atoms with Crippen LogP contribution in [0.25, 0.3) is 0 Å². The molecule has 46 heavy (non-hydrogen) atoms. The molecule has 0 radical (unpaired) electrons. The van der Waals surface area contributed by atoms with E-state index in [9.17, 15) is 27.2 Å². The van der Waals surface area contributed by atoms with Crippen molar-refractivity contribution in [2.24, 2.45) is 0 Å². The second kappa shape index (κ2) is 12.6. The van der Waals surface area contributed by atoms with Gasteiger partial charge in [0.2, 0.25) is 27.8 Å². The molecule has 2 saturated heterocycles. The van der Waals surface area contributed by atoms with Crippen molar-refractivity contribution >= 4 is 62.5 Å². The Labute approximate surface area is 267 Å². The molecule has 2 aromatic heterocycles. The van der Waals surface area contributed by atoms with E-state index in [1.54, 1.807) is 23.6 Å². The molecule has 2 fully saturated rings. The van der Waals surface area contributed by atoms with Crippen molar-refractivity contribution in [1.82, 2.24) is 29.3 Å². The zero-order valence-electron chi connectivity index (χ0n) is 24.6. The lowest BCUT2D eigenvalue weighted by Gasteiger charge is -2.34. The third-order valence-electron chi connectivity index (χ3n) is 7.72.